The van der Waals surface area contributed by atoms with Gasteiger partial charge in [-0.25, -0.2) is 13.1 Å². The van der Waals surface area contributed by atoms with Gasteiger partial charge < -0.3 is 4.74 Å². The van der Waals surface area contributed by atoms with Crippen molar-refractivity contribution in [3.05, 3.63) is 71.3 Å². The predicted molar refractivity (Wildman–Crippen MR) is 153 cm³/mol. The molecule has 1 aromatic heterocycles. The minimum absolute atomic E-state index is 0.129. The Labute approximate surface area is 232 Å². The lowest BCUT2D eigenvalue weighted by molar-refractivity contribution is -0.122. The molecule has 3 heterocycles. The highest BCUT2D eigenvalue weighted by Crippen LogP contribution is 2.35. The fraction of sp³-hybridized carbons (Fsp3) is 0.296. The van der Waals surface area contributed by atoms with Crippen LogP contribution in [0.1, 0.15) is 19.4 Å². The molecular formula is C27H28N4O4S3. The van der Waals surface area contributed by atoms with E-state index in [1.54, 1.807) is 33.9 Å². The third-order valence-corrected chi connectivity index (χ3v) is 9.46. The summed E-state index contributed by atoms with van der Waals surface area (Å²) < 4.78 is 35.7. The SMILES string of the molecule is CC(C)CN1C(=O)/C(=C/c2cn(-c3ccccc3)nc2-c2cccc(S(=O)(=O)N3CCOCC3)c2)SC1=S. The van der Waals surface area contributed by atoms with E-state index in [2.05, 4.69) is 0 Å². The highest BCUT2D eigenvalue weighted by atomic mass is 32.2. The molecule has 5 rings (SSSR count). The third kappa shape index (κ3) is 5.48. The molecule has 2 aliphatic rings. The number of morpholine rings is 1. The lowest BCUT2D eigenvalue weighted by atomic mass is 10.1. The Balaban J connectivity index is 1.57. The topological polar surface area (TPSA) is 84.7 Å². The van der Waals surface area contributed by atoms with Gasteiger partial charge >= 0.3 is 0 Å². The van der Waals surface area contributed by atoms with Crippen LogP contribution in [0.5, 0.6) is 0 Å². The van der Waals surface area contributed by atoms with E-state index in [1.165, 1.54) is 16.1 Å². The number of benzene rings is 2. The molecule has 0 spiro atoms. The summed E-state index contributed by atoms with van der Waals surface area (Å²) in [5.74, 6) is 0.153. The summed E-state index contributed by atoms with van der Waals surface area (Å²) in [6.45, 7) is 6.03. The third-order valence-electron chi connectivity index (χ3n) is 6.19. The maximum Gasteiger partial charge on any atom is 0.266 e. The van der Waals surface area contributed by atoms with Crippen molar-refractivity contribution >= 4 is 50.3 Å². The fourth-order valence-electron chi connectivity index (χ4n) is 4.33. The zero-order valence-electron chi connectivity index (χ0n) is 21.1. The summed E-state index contributed by atoms with van der Waals surface area (Å²) >= 11 is 6.75. The van der Waals surface area contributed by atoms with Gasteiger partial charge in [0.05, 0.1) is 28.7 Å². The van der Waals surface area contributed by atoms with Gasteiger partial charge in [-0.15, -0.1) is 0 Å². The number of rotatable bonds is 7. The van der Waals surface area contributed by atoms with Gasteiger partial charge in [-0.3, -0.25) is 9.69 Å². The first-order valence-electron chi connectivity index (χ1n) is 12.3. The van der Waals surface area contributed by atoms with E-state index in [0.29, 0.717) is 58.9 Å². The molecule has 0 radical (unpaired) electrons. The largest absolute Gasteiger partial charge is 0.379 e. The van der Waals surface area contributed by atoms with Crippen molar-refractivity contribution in [1.29, 1.82) is 0 Å². The van der Waals surface area contributed by atoms with E-state index in [4.69, 9.17) is 22.1 Å². The number of thiocarbonyl (C=S) groups is 1. The number of para-hydroxylation sites is 1. The number of carbonyl (C=O) groups is 1. The van der Waals surface area contributed by atoms with Crippen LogP contribution in [0.15, 0.2) is 70.6 Å². The van der Waals surface area contributed by atoms with Crippen LogP contribution in [0.2, 0.25) is 0 Å². The molecule has 8 nitrogen and oxygen atoms in total. The molecule has 1 amide bonds. The first kappa shape index (κ1) is 26.8. The number of hydrogen-bond donors (Lipinski definition) is 0. The Morgan fingerprint density at radius 1 is 1.11 bits per heavy atom. The minimum Gasteiger partial charge on any atom is -0.379 e. The summed E-state index contributed by atoms with van der Waals surface area (Å²) in [5, 5.41) is 4.82. The van der Waals surface area contributed by atoms with E-state index in [-0.39, 0.29) is 16.7 Å². The standard InChI is InChI=1S/C27H28N4O4S3/c1-19(2)17-30-26(32)24(37-27(30)36)16-21-18-31(22-8-4-3-5-9-22)28-25(21)20-7-6-10-23(15-20)38(33,34)29-11-13-35-14-12-29/h3-10,15-16,18-19H,11-14,17H2,1-2H3/b24-16-. The molecule has 0 saturated carbocycles. The Bertz CT molecular complexity index is 1490. The summed E-state index contributed by atoms with van der Waals surface area (Å²) in [6, 6.07) is 16.4. The lowest BCUT2D eigenvalue weighted by Crippen LogP contribution is -2.40. The molecular weight excluding hydrogens is 541 g/mol. The van der Waals surface area contributed by atoms with E-state index in [1.807, 2.05) is 56.4 Å². The second-order valence-electron chi connectivity index (χ2n) is 9.44. The normalized spacial score (nSPS) is 18.2. The summed E-state index contributed by atoms with van der Waals surface area (Å²) in [6.07, 6.45) is 3.65. The van der Waals surface area contributed by atoms with Crippen molar-refractivity contribution in [3.63, 3.8) is 0 Å². The lowest BCUT2D eigenvalue weighted by Gasteiger charge is -2.26. The number of aromatic nitrogens is 2. The molecule has 0 unspecified atom stereocenters. The van der Waals surface area contributed by atoms with Gasteiger partial charge in [-0.05, 0) is 36.3 Å². The first-order chi connectivity index (χ1) is 18.2. The highest BCUT2D eigenvalue weighted by molar-refractivity contribution is 8.26. The number of amides is 1. The van der Waals surface area contributed by atoms with Crippen molar-refractivity contribution in [1.82, 2.24) is 19.0 Å². The number of ether oxygens (including phenoxy) is 1. The molecule has 2 fully saturated rings. The number of sulfonamides is 1. The Kier molecular flexibility index (Phi) is 7.83. The molecule has 198 valence electrons. The van der Waals surface area contributed by atoms with Crippen LogP contribution in [-0.4, -0.2) is 70.5 Å². The molecule has 0 N–H and O–H groups in total. The van der Waals surface area contributed by atoms with Crippen molar-refractivity contribution in [2.24, 2.45) is 5.92 Å². The van der Waals surface area contributed by atoms with E-state index < -0.39 is 10.0 Å². The van der Waals surface area contributed by atoms with Gasteiger partial charge in [0.15, 0.2) is 0 Å². The number of hydrogen-bond acceptors (Lipinski definition) is 7. The second-order valence-corrected chi connectivity index (χ2v) is 13.1. The van der Waals surface area contributed by atoms with Gasteiger partial charge in [0.1, 0.15) is 10.0 Å². The average Bonchev–Trinajstić information content (AvgIpc) is 3.46. The molecule has 0 aliphatic carbocycles. The zero-order chi connectivity index (χ0) is 26.9. The molecule has 2 aliphatic heterocycles. The molecule has 0 bridgehead atoms. The maximum atomic E-state index is 13.3. The molecule has 11 heteroatoms. The van der Waals surface area contributed by atoms with Gasteiger partial charge in [0, 0.05) is 37.0 Å². The summed E-state index contributed by atoms with van der Waals surface area (Å²) in [7, 11) is -3.69. The maximum absolute atomic E-state index is 13.3. The predicted octanol–water partition coefficient (Wildman–Crippen LogP) is 4.42. The van der Waals surface area contributed by atoms with Crippen LogP contribution in [0.4, 0.5) is 0 Å². The van der Waals surface area contributed by atoms with E-state index >= 15 is 0 Å². The Morgan fingerprint density at radius 2 is 1.84 bits per heavy atom. The van der Waals surface area contributed by atoms with Gasteiger partial charge in [-0.1, -0.05) is 68.2 Å². The minimum atomic E-state index is -3.69. The van der Waals surface area contributed by atoms with Crippen LogP contribution >= 0.6 is 24.0 Å². The monoisotopic (exact) mass is 568 g/mol. The first-order valence-corrected chi connectivity index (χ1v) is 15.0. The Morgan fingerprint density at radius 3 is 2.55 bits per heavy atom. The van der Waals surface area contributed by atoms with Crippen molar-refractivity contribution in [3.8, 4) is 16.9 Å². The van der Waals surface area contributed by atoms with Gasteiger partial charge in [-0.2, -0.15) is 9.40 Å². The summed E-state index contributed by atoms with van der Waals surface area (Å²) in [5.41, 5.74) is 2.75. The fourth-order valence-corrected chi connectivity index (χ4v) is 7.05. The highest BCUT2D eigenvalue weighted by Gasteiger charge is 2.33. The average molecular weight is 569 g/mol. The van der Waals surface area contributed by atoms with E-state index in [9.17, 15) is 13.2 Å². The Hall–Kier alpha value is -2.83. The number of thioether (sulfide) groups is 1. The molecule has 0 atom stereocenters. The van der Waals surface area contributed by atoms with Gasteiger partial charge in [0.2, 0.25) is 10.0 Å². The molecule has 3 aromatic rings. The van der Waals surface area contributed by atoms with Crippen LogP contribution < -0.4 is 0 Å². The van der Waals surface area contributed by atoms with Crippen LogP contribution in [-0.2, 0) is 19.6 Å². The van der Waals surface area contributed by atoms with Crippen molar-refractivity contribution in [2.45, 2.75) is 18.7 Å². The van der Waals surface area contributed by atoms with Crippen LogP contribution in [0, 0.1) is 5.92 Å². The molecule has 38 heavy (non-hydrogen) atoms. The number of nitrogens with zero attached hydrogens (tertiary/aromatic N) is 4. The molecule has 2 saturated heterocycles. The second kappa shape index (κ2) is 11.1. The van der Waals surface area contributed by atoms with E-state index in [0.717, 1.165) is 5.69 Å². The van der Waals surface area contributed by atoms with Gasteiger partial charge in [0.25, 0.3) is 5.91 Å². The number of carbonyl (C=O) groups excluding carboxylic acids is 1. The quantitative estimate of drug-likeness (QED) is 0.308. The summed E-state index contributed by atoms with van der Waals surface area (Å²) in [4.78, 5) is 15.5. The zero-order valence-corrected chi connectivity index (χ0v) is 23.6. The van der Waals surface area contributed by atoms with Crippen molar-refractivity contribution < 1.29 is 17.9 Å². The van der Waals surface area contributed by atoms with Crippen molar-refractivity contribution in [2.75, 3.05) is 32.8 Å². The molecule has 2 aromatic carbocycles. The van der Waals surface area contributed by atoms with Crippen LogP contribution in [0.25, 0.3) is 23.0 Å². The smallest absolute Gasteiger partial charge is 0.266 e. The van der Waals surface area contributed by atoms with Crippen LogP contribution in [0.3, 0.4) is 0 Å².